The van der Waals surface area contributed by atoms with Gasteiger partial charge in [0.05, 0.1) is 0 Å². The molecular weight excluding hydrogens is 985 g/mol. The molecule has 0 aromatic carbocycles. The molecule has 0 aromatic rings. The Balaban J connectivity index is 4.28. The van der Waals surface area contributed by atoms with Gasteiger partial charge in [0, 0.05) is 19.3 Å². The van der Waals surface area contributed by atoms with Crippen molar-refractivity contribution < 1.29 is 28.6 Å². The van der Waals surface area contributed by atoms with Crippen molar-refractivity contribution in [3.63, 3.8) is 0 Å². The summed E-state index contributed by atoms with van der Waals surface area (Å²) >= 11 is 0. The molecule has 6 nitrogen and oxygen atoms in total. The second-order valence-corrected chi connectivity index (χ2v) is 22.0. The molecule has 6 heteroatoms. The molecule has 80 heavy (non-hydrogen) atoms. The van der Waals surface area contributed by atoms with E-state index in [4.69, 9.17) is 14.2 Å². The normalized spacial score (nSPS) is 12.9. The van der Waals surface area contributed by atoms with Crippen LogP contribution in [0.25, 0.3) is 0 Å². The Morgan fingerprint density at radius 1 is 0.263 bits per heavy atom. The van der Waals surface area contributed by atoms with Gasteiger partial charge in [0.2, 0.25) is 0 Å². The Kier molecular flexibility index (Phi) is 63.8. The smallest absolute Gasteiger partial charge is 0.306 e. The highest BCUT2D eigenvalue weighted by molar-refractivity contribution is 5.71. The highest BCUT2D eigenvalue weighted by Crippen LogP contribution is 2.16. The van der Waals surface area contributed by atoms with Crippen molar-refractivity contribution >= 4 is 17.9 Å². The van der Waals surface area contributed by atoms with Crippen molar-refractivity contribution in [2.75, 3.05) is 13.2 Å². The van der Waals surface area contributed by atoms with Crippen LogP contribution >= 0.6 is 0 Å². The van der Waals surface area contributed by atoms with Gasteiger partial charge in [-0.2, -0.15) is 0 Å². The molecule has 0 amide bonds. The van der Waals surface area contributed by atoms with Crippen LogP contribution in [0, 0.1) is 0 Å². The van der Waals surface area contributed by atoms with E-state index >= 15 is 0 Å². The zero-order chi connectivity index (χ0) is 57.8. The standard InChI is InChI=1S/C74H124O6/c1-4-7-10-13-16-19-22-25-27-29-31-33-34-35-36-37-38-39-40-42-43-45-47-49-52-55-58-61-64-67-73(76)79-70-71(69-78-72(75)66-63-60-57-54-51-24-21-18-15-12-9-6-3)80-74(77)68-65-62-59-56-53-50-48-46-44-41-32-30-28-26-23-20-17-14-11-8-5-2/h7-8,10-11,16-21,25-28,31-33,41,46,48,71H,4-6,9,12-15,22-24,29-30,34-40,42-45,47,49-70H2,1-3H3/b10-7-,11-8-,19-16-,20-17-,21-18-,27-25-,28-26-,33-31-,41-32-,48-46-. The zero-order valence-corrected chi connectivity index (χ0v) is 52.3. The van der Waals surface area contributed by atoms with Gasteiger partial charge >= 0.3 is 17.9 Å². The van der Waals surface area contributed by atoms with Gasteiger partial charge in [-0.25, -0.2) is 0 Å². The van der Waals surface area contributed by atoms with E-state index in [-0.39, 0.29) is 31.1 Å². The minimum Gasteiger partial charge on any atom is -0.462 e. The second kappa shape index (κ2) is 67.3. The number of carbonyl (C=O) groups is 3. The van der Waals surface area contributed by atoms with E-state index in [0.717, 1.165) is 141 Å². The van der Waals surface area contributed by atoms with Crippen molar-refractivity contribution in [2.45, 2.75) is 316 Å². The summed E-state index contributed by atoms with van der Waals surface area (Å²) in [6, 6.07) is 0. The van der Waals surface area contributed by atoms with Crippen LogP contribution in [0.1, 0.15) is 310 Å². The van der Waals surface area contributed by atoms with Crippen LogP contribution in [-0.2, 0) is 28.6 Å². The SMILES string of the molecule is CC/C=C\C/C=C\C/C=C\C/C=C\C/C=C\CCCCCCCC(=O)OC(COC(=O)CCCCCCC/C=C\CCCCC)COC(=O)CCCCCCCCCCCCCCCCCC/C=C\C/C=C\C/C=C\C/C=C\CC. The van der Waals surface area contributed by atoms with Gasteiger partial charge in [-0.3, -0.25) is 14.4 Å². The van der Waals surface area contributed by atoms with Gasteiger partial charge in [0.25, 0.3) is 0 Å². The van der Waals surface area contributed by atoms with Gasteiger partial charge < -0.3 is 14.2 Å². The Morgan fingerprint density at radius 2 is 0.487 bits per heavy atom. The molecule has 0 radical (unpaired) electrons. The van der Waals surface area contributed by atoms with Crippen LogP contribution in [0.5, 0.6) is 0 Å². The van der Waals surface area contributed by atoms with E-state index in [2.05, 4.69) is 142 Å². The maximum absolute atomic E-state index is 12.9. The average Bonchev–Trinajstić information content (AvgIpc) is 3.46. The number of unbranched alkanes of at least 4 members (excludes halogenated alkanes) is 29. The first-order valence-electron chi connectivity index (χ1n) is 33.5. The van der Waals surface area contributed by atoms with Crippen molar-refractivity contribution in [1.29, 1.82) is 0 Å². The lowest BCUT2D eigenvalue weighted by atomic mass is 10.0. The number of ether oxygens (including phenoxy) is 3. The van der Waals surface area contributed by atoms with Crippen LogP contribution in [0.2, 0.25) is 0 Å². The van der Waals surface area contributed by atoms with Crippen LogP contribution in [-0.4, -0.2) is 37.2 Å². The van der Waals surface area contributed by atoms with Gasteiger partial charge in [-0.1, -0.05) is 284 Å². The van der Waals surface area contributed by atoms with Gasteiger partial charge in [-0.05, 0) is 128 Å². The molecule has 1 unspecified atom stereocenters. The van der Waals surface area contributed by atoms with Gasteiger partial charge in [0.15, 0.2) is 6.10 Å². The zero-order valence-electron chi connectivity index (χ0n) is 52.3. The fraction of sp³-hybridized carbons (Fsp3) is 0.689. The first-order valence-corrected chi connectivity index (χ1v) is 33.5. The average molecular weight is 1110 g/mol. The third kappa shape index (κ3) is 64.6. The molecule has 0 rings (SSSR count). The number of hydrogen-bond acceptors (Lipinski definition) is 6. The molecular formula is C74H124O6. The van der Waals surface area contributed by atoms with Crippen LogP contribution in [0.15, 0.2) is 122 Å². The molecule has 0 aliphatic rings. The molecule has 0 aromatic heterocycles. The molecule has 456 valence electrons. The molecule has 0 fully saturated rings. The summed E-state index contributed by atoms with van der Waals surface area (Å²) in [6.07, 6.45) is 93.6. The number of carbonyl (C=O) groups excluding carboxylic acids is 3. The monoisotopic (exact) mass is 1110 g/mol. The number of esters is 3. The van der Waals surface area contributed by atoms with E-state index in [1.807, 2.05) is 0 Å². The maximum atomic E-state index is 12.9. The van der Waals surface area contributed by atoms with E-state index < -0.39 is 6.10 Å². The maximum Gasteiger partial charge on any atom is 0.306 e. The summed E-state index contributed by atoms with van der Waals surface area (Å²) in [6.45, 7) is 6.39. The summed E-state index contributed by atoms with van der Waals surface area (Å²) in [4.78, 5) is 38.3. The first-order chi connectivity index (χ1) is 39.5. The topological polar surface area (TPSA) is 78.9 Å². The lowest BCUT2D eigenvalue weighted by Crippen LogP contribution is -2.30. The Hall–Kier alpha value is -4.19. The summed E-state index contributed by atoms with van der Waals surface area (Å²) < 4.78 is 16.9. The summed E-state index contributed by atoms with van der Waals surface area (Å²) in [5, 5.41) is 0. The highest BCUT2D eigenvalue weighted by atomic mass is 16.6. The molecule has 0 saturated heterocycles. The lowest BCUT2D eigenvalue weighted by Gasteiger charge is -2.18. The van der Waals surface area contributed by atoms with Crippen molar-refractivity contribution in [1.82, 2.24) is 0 Å². The van der Waals surface area contributed by atoms with Crippen molar-refractivity contribution in [3.8, 4) is 0 Å². The molecule has 0 bridgehead atoms. The van der Waals surface area contributed by atoms with Crippen molar-refractivity contribution in [2.24, 2.45) is 0 Å². The minimum atomic E-state index is -0.795. The fourth-order valence-electron chi connectivity index (χ4n) is 9.22. The second-order valence-electron chi connectivity index (χ2n) is 22.0. The predicted octanol–water partition coefficient (Wildman–Crippen LogP) is 23.2. The van der Waals surface area contributed by atoms with Crippen LogP contribution < -0.4 is 0 Å². The Morgan fingerprint density at radius 3 is 0.775 bits per heavy atom. The fourth-order valence-corrected chi connectivity index (χ4v) is 9.22. The summed E-state index contributed by atoms with van der Waals surface area (Å²) in [5.41, 5.74) is 0. The summed E-state index contributed by atoms with van der Waals surface area (Å²) in [7, 11) is 0. The molecule has 0 aliphatic heterocycles. The number of hydrogen-bond donors (Lipinski definition) is 0. The number of allylic oxidation sites excluding steroid dienone is 20. The van der Waals surface area contributed by atoms with E-state index in [1.165, 1.54) is 128 Å². The molecule has 0 spiro atoms. The molecule has 0 aliphatic carbocycles. The minimum absolute atomic E-state index is 0.0888. The summed E-state index contributed by atoms with van der Waals surface area (Å²) in [5.74, 6) is -0.910. The third-order valence-electron chi connectivity index (χ3n) is 14.2. The van der Waals surface area contributed by atoms with Gasteiger partial charge in [-0.15, -0.1) is 0 Å². The molecule has 1 atom stereocenters. The lowest BCUT2D eigenvalue weighted by molar-refractivity contribution is -0.167. The van der Waals surface area contributed by atoms with Crippen LogP contribution in [0.4, 0.5) is 0 Å². The Labute approximate surface area is 494 Å². The van der Waals surface area contributed by atoms with Crippen molar-refractivity contribution in [3.05, 3.63) is 122 Å². The molecule has 0 N–H and O–H groups in total. The quantitative estimate of drug-likeness (QED) is 0.0261. The van der Waals surface area contributed by atoms with Gasteiger partial charge in [0.1, 0.15) is 13.2 Å². The van der Waals surface area contributed by atoms with E-state index in [1.54, 1.807) is 0 Å². The Bertz CT molecular complexity index is 1650. The van der Waals surface area contributed by atoms with E-state index in [9.17, 15) is 14.4 Å². The predicted molar refractivity (Wildman–Crippen MR) is 348 cm³/mol. The largest absolute Gasteiger partial charge is 0.462 e. The molecule has 0 heterocycles. The molecule has 0 saturated carbocycles. The highest BCUT2D eigenvalue weighted by Gasteiger charge is 2.19. The number of rotatable bonds is 60. The van der Waals surface area contributed by atoms with E-state index in [0.29, 0.717) is 19.3 Å². The first kappa shape index (κ1) is 75.8. The third-order valence-corrected chi connectivity index (χ3v) is 14.2. The van der Waals surface area contributed by atoms with Crippen LogP contribution in [0.3, 0.4) is 0 Å².